The van der Waals surface area contributed by atoms with Crippen LogP contribution in [0, 0.1) is 25.6 Å². The number of halogens is 1. The van der Waals surface area contributed by atoms with E-state index in [1.807, 2.05) is 19.9 Å². The fourth-order valence-electron chi connectivity index (χ4n) is 2.90. The number of carbonyl (C=O) groups is 1. The Bertz CT molecular complexity index is 701. The summed E-state index contributed by atoms with van der Waals surface area (Å²) in [5.74, 6) is -0.223. The van der Waals surface area contributed by atoms with Crippen LogP contribution in [0.25, 0.3) is 11.1 Å². The van der Waals surface area contributed by atoms with Crippen LogP contribution in [0.2, 0.25) is 0 Å². The lowest BCUT2D eigenvalue weighted by Gasteiger charge is -2.11. The predicted molar refractivity (Wildman–Crippen MR) is 87.3 cm³/mol. The van der Waals surface area contributed by atoms with Crippen molar-refractivity contribution in [2.45, 2.75) is 40.7 Å². The number of rotatable bonds is 5. The molecule has 2 rings (SSSR count). The van der Waals surface area contributed by atoms with Crippen molar-refractivity contribution in [1.82, 2.24) is 4.57 Å². The SMILES string of the molecule is Cc1c(C(N)=O)c(-c2cccc(F)c2)c(C)n1CCC(C)C. The van der Waals surface area contributed by atoms with Gasteiger partial charge in [0.2, 0.25) is 0 Å². The average Bonchev–Trinajstić information content (AvgIpc) is 2.68. The van der Waals surface area contributed by atoms with Gasteiger partial charge in [0.05, 0.1) is 5.56 Å². The van der Waals surface area contributed by atoms with E-state index >= 15 is 0 Å². The number of aromatic nitrogens is 1. The molecule has 0 saturated carbocycles. The van der Waals surface area contributed by atoms with E-state index < -0.39 is 5.91 Å². The third kappa shape index (κ3) is 3.06. The summed E-state index contributed by atoms with van der Waals surface area (Å²) in [5.41, 5.74) is 9.32. The van der Waals surface area contributed by atoms with Gasteiger partial charge < -0.3 is 10.3 Å². The Hall–Kier alpha value is -2.10. The van der Waals surface area contributed by atoms with E-state index in [9.17, 15) is 9.18 Å². The van der Waals surface area contributed by atoms with Gasteiger partial charge in [0.1, 0.15) is 5.82 Å². The van der Waals surface area contributed by atoms with Gasteiger partial charge in [-0.1, -0.05) is 26.0 Å². The highest BCUT2D eigenvalue weighted by atomic mass is 19.1. The van der Waals surface area contributed by atoms with Gasteiger partial charge in [-0.2, -0.15) is 0 Å². The Balaban J connectivity index is 2.62. The van der Waals surface area contributed by atoms with E-state index in [1.54, 1.807) is 6.07 Å². The molecule has 0 unspecified atom stereocenters. The van der Waals surface area contributed by atoms with Crippen LogP contribution in [0.1, 0.15) is 42.0 Å². The van der Waals surface area contributed by atoms with E-state index in [2.05, 4.69) is 18.4 Å². The molecule has 118 valence electrons. The largest absolute Gasteiger partial charge is 0.366 e. The molecule has 0 fully saturated rings. The van der Waals surface area contributed by atoms with Crippen molar-refractivity contribution < 1.29 is 9.18 Å². The molecule has 0 aliphatic carbocycles. The topological polar surface area (TPSA) is 48.0 Å². The maximum Gasteiger partial charge on any atom is 0.251 e. The molecule has 0 atom stereocenters. The van der Waals surface area contributed by atoms with Crippen molar-refractivity contribution in [3.8, 4) is 11.1 Å². The third-order valence-corrected chi connectivity index (χ3v) is 4.07. The third-order valence-electron chi connectivity index (χ3n) is 4.07. The monoisotopic (exact) mass is 302 g/mol. The normalized spacial score (nSPS) is 11.2. The lowest BCUT2D eigenvalue weighted by molar-refractivity contribution is 0.1000. The van der Waals surface area contributed by atoms with Crippen molar-refractivity contribution in [3.63, 3.8) is 0 Å². The Kier molecular flexibility index (Phi) is 4.69. The molecule has 22 heavy (non-hydrogen) atoms. The molecule has 2 aromatic rings. The zero-order valence-electron chi connectivity index (χ0n) is 13.6. The summed E-state index contributed by atoms with van der Waals surface area (Å²) in [6.07, 6.45) is 1.01. The van der Waals surface area contributed by atoms with Crippen LogP contribution in [0.5, 0.6) is 0 Å². The summed E-state index contributed by atoms with van der Waals surface area (Å²) in [7, 11) is 0. The molecule has 3 nitrogen and oxygen atoms in total. The van der Waals surface area contributed by atoms with E-state index in [4.69, 9.17) is 5.73 Å². The first kappa shape index (κ1) is 16.3. The van der Waals surface area contributed by atoms with Crippen LogP contribution in [0.4, 0.5) is 4.39 Å². The smallest absolute Gasteiger partial charge is 0.251 e. The van der Waals surface area contributed by atoms with Crippen LogP contribution in [0.3, 0.4) is 0 Å². The fraction of sp³-hybridized carbons (Fsp3) is 0.389. The van der Waals surface area contributed by atoms with E-state index in [0.29, 0.717) is 17.0 Å². The second kappa shape index (κ2) is 6.34. The van der Waals surface area contributed by atoms with Crippen molar-refractivity contribution in [2.24, 2.45) is 11.7 Å². The Morgan fingerprint density at radius 2 is 1.95 bits per heavy atom. The van der Waals surface area contributed by atoms with Crippen molar-refractivity contribution >= 4 is 5.91 Å². The number of hydrogen-bond acceptors (Lipinski definition) is 1. The van der Waals surface area contributed by atoms with Crippen LogP contribution in [-0.4, -0.2) is 10.5 Å². The minimum Gasteiger partial charge on any atom is -0.366 e. The number of nitrogens with two attached hydrogens (primary N) is 1. The highest BCUT2D eigenvalue weighted by Crippen LogP contribution is 2.33. The van der Waals surface area contributed by atoms with E-state index in [1.165, 1.54) is 12.1 Å². The van der Waals surface area contributed by atoms with Crippen molar-refractivity contribution in [2.75, 3.05) is 0 Å². The molecule has 1 heterocycles. The maximum absolute atomic E-state index is 13.6. The van der Waals surface area contributed by atoms with Gasteiger partial charge in [-0.05, 0) is 43.9 Å². The molecular formula is C18H23FN2O. The minimum absolute atomic E-state index is 0.320. The molecule has 0 radical (unpaired) electrons. The standard InChI is InChI=1S/C18H23FN2O/c1-11(2)8-9-21-12(3)16(17(13(21)4)18(20)22)14-6-5-7-15(19)10-14/h5-7,10-11H,8-9H2,1-4H3,(H2,20,22). The first-order chi connectivity index (χ1) is 10.3. The maximum atomic E-state index is 13.6. The predicted octanol–water partition coefficient (Wildman–Crippen LogP) is 4.06. The van der Waals surface area contributed by atoms with Crippen LogP contribution < -0.4 is 5.73 Å². The lowest BCUT2D eigenvalue weighted by atomic mass is 10.00. The second-order valence-electron chi connectivity index (χ2n) is 6.13. The number of primary amides is 1. The second-order valence-corrected chi connectivity index (χ2v) is 6.13. The van der Waals surface area contributed by atoms with Crippen LogP contribution >= 0.6 is 0 Å². The summed E-state index contributed by atoms with van der Waals surface area (Å²) >= 11 is 0. The number of benzene rings is 1. The molecule has 0 aliphatic rings. The Morgan fingerprint density at radius 1 is 1.27 bits per heavy atom. The summed E-state index contributed by atoms with van der Waals surface area (Å²) < 4.78 is 15.7. The Labute approximate surface area is 130 Å². The molecule has 0 bridgehead atoms. The van der Waals surface area contributed by atoms with Gasteiger partial charge in [0, 0.05) is 23.5 Å². The van der Waals surface area contributed by atoms with Crippen LogP contribution in [0.15, 0.2) is 24.3 Å². The zero-order valence-corrected chi connectivity index (χ0v) is 13.6. The molecule has 4 heteroatoms. The molecule has 0 spiro atoms. The molecule has 1 amide bonds. The summed E-state index contributed by atoms with van der Waals surface area (Å²) in [6, 6.07) is 6.30. The van der Waals surface area contributed by atoms with Gasteiger partial charge in [0.15, 0.2) is 0 Å². The minimum atomic E-state index is -0.469. The number of nitrogens with zero attached hydrogens (tertiary/aromatic N) is 1. The molecule has 0 saturated heterocycles. The van der Waals surface area contributed by atoms with Gasteiger partial charge >= 0.3 is 0 Å². The molecule has 0 aliphatic heterocycles. The van der Waals surface area contributed by atoms with E-state index in [0.717, 1.165) is 29.9 Å². The van der Waals surface area contributed by atoms with Gasteiger partial charge in [-0.15, -0.1) is 0 Å². The number of amides is 1. The Morgan fingerprint density at radius 3 is 2.50 bits per heavy atom. The summed E-state index contributed by atoms with van der Waals surface area (Å²) in [6.45, 7) is 9.01. The van der Waals surface area contributed by atoms with E-state index in [-0.39, 0.29) is 5.82 Å². The lowest BCUT2D eigenvalue weighted by Crippen LogP contribution is -2.13. The van der Waals surface area contributed by atoms with Gasteiger partial charge in [-0.25, -0.2) is 4.39 Å². The number of hydrogen-bond donors (Lipinski definition) is 1. The van der Waals surface area contributed by atoms with Crippen molar-refractivity contribution in [3.05, 3.63) is 47.0 Å². The highest BCUT2D eigenvalue weighted by Gasteiger charge is 2.22. The molecule has 1 aromatic carbocycles. The molecular weight excluding hydrogens is 279 g/mol. The first-order valence-electron chi connectivity index (χ1n) is 7.58. The fourth-order valence-corrected chi connectivity index (χ4v) is 2.90. The first-order valence-corrected chi connectivity index (χ1v) is 7.58. The quantitative estimate of drug-likeness (QED) is 0.889. The summed E-state index contributed by atoms with van der Waals surface area (Å²) in [5, 5.41) is 0. The molecule has 2 N–H and O–H groups in total. The summed E-state index contributed by atoms with van der Waals surface area (Å²) in [4.78, 5) is 11.9. The van der Waals surface area contributed by atoms with Crippen molar-refractivity contribution in [1.29, 1.82) is 0 Å². The highest BCUT2D eigenvalue weighted by molar-refractivity contribution is 6.02. The zero-order chi connectivity index (χ0) is 16.4. The van der Waals surface area contributed by atoms with Gasteiger partial charge in [0.25, 0.3) is 5.91 Å². The average molecular weight is 302 g/mol. The number of carbonyl (C=O) groups excluding carboxylic acids is 1. The molecule has 1 aromatic heterocycles. The van der Waals surface area contributed by atoms with Gasteiger partial charge in [-0.3, -0.25) is 4.79 Å². The van der Waals surface area contributed by atoms with Crippen LogP contribution in [-0.2, 0) is 6.54 Å².